The summed E-state index contributed by atoms with van der Waals surface area (Å²) < 4.78 is 0. The molecule has 1 rings (SSSR count). The zero-order valence-corrected chi connectivity index (χ0v) is 9.30. The second-order valence-corrected chi connectivity index (χ2v) is 3.94. The molecule has 14 heavy (non-hydrogen) atoms. The standard InChI is InChI=1S/C7H14N6S/c1-4-14-7-10-5(12-8)9-6(11-7)13(2)3/h4,8H2,1-3H3,(H,9,10,11,12). The van der Waals surface area contributed by atoms with Crippen LogP contribution in [0.25, 0.3) is 0 Å². The molecular weight excluding hydrogens is 200 g/mol. The SMILES string of the molecule is CCSc1nc(NN)nc(N(C)C)n1. The zero-order chi connectivity index (χ0) is 10.6. The van der Waals surface area contributed by atoms with Crippen LogP contribution in [-0.4, -0.2) is 34.8 Å². The Morgan fingerprint density at radius 2 is 2.07 bits per heavy atom. The molecule has 0 radical (unpaired) electrons. The highest BCUT2D eigenvalue weighted by Crippen LogP contribution is 2.16. The van der Waals surface area contributed by atoms with Gasteiger partial charge in [0.15, 0.2) is 5.16 Å². The van der Waals surface area contributed by atoms with Gasteiger partial charge in [-0.1, -0.05) is 18.7 Å². The molecule has 1 aromatic rings. The lowest BCUT2D eigenvalue weighted by molar-refractivity contribution is 0.866. The molecule has 0 atom stereocenters. The molecule has 0 saturated carbocycles. The lowest BCUT2D eigenvalue weighted by atomic mass is 10.8. The van der Waals surface area contributed by atoms with Gasteiger partial charge in [0.2, 0.25) is 11.9 Å². The van der Waals surface area contributed by atoms with Crippen molar-refractivity contribution in [3.8, 4) is 0 Å². The number of hydrogen-bond donors (Lipinski definition) is 2. The summed E-state index contributed by atoms with van der Waals surface area (Å²) >= 11 is 1.55. The van der Waals surface area contributed by atoms with Gasteiger partial charge in [0, 0.05) is 14.1 Å². The summed E-state index contributed by atoms with van der Waals surface area (Å²) in [5.41, 5.74) is 2.42. The molecule has 0 bridgehead atoms. The fraction of sp³-hybridized carbons (Fsp3) is 0.571. The second kappa shape index (κ2) is 4.97. The van der Waals surface area contributed by atoms with Crippen molar-refractivity contribution in [2.75, 3.05) is 30.2 Å². The van der Waals surface area contributed by atoms with Gasteiger partial charge in [-0.05, 0) is 5.75 Å². The molecule has 78 valence electrons. The first-order chi connectivity index (χ1) is 6.67. The van der Waals surface area contributed by atoms with Crippen LogP contribution < -0.4 is 16.2 Å². The van der Waals surface area contributed by atoms with Crippen LogP contribution in [-0.2, 0) is 0 Å². The minimum absolute atomic E-state index is 0.389. The average Bonchev–Trinajstić information content (AvgIpc) is 2.17. The Kier molecular flexibility index (Phi) is 3.90. The maximum atomic E-state index is 5.25. The molecule has 0 saturated heterocycles. The lowest BCUT2D eigenvalue weighted by Gasteiger charge is -2.11. The van der Waals surface area contributed by atoms with Gasteiger partial charge in [-0.3, -0.25) is 5.43 Å². The average molecular weight is 214 g/mol. The maximum absolute atomic E-state index is 5.25. The summed E-state index contributed by atoms with van der Waals surface area (Å²) in [6, 6.07) is 0. The molecule has 0 unspecified atom stereocenters. The van der Waals surface area contributed by atoms with Crippen molar-refractivity contribution in [1.29, 1.82) is 0 Å². The van der Waals surface area contributed by atoms with E-state index in [9.17, 15) is 0 Å². The Morgan fingerprint density at radius 3 is 2.57 bits per heavy atom. The molecule has 3 N–H and O–H groups in total. The highest BCUT2D eigenvalue weighted by atomic mass is 32.2. The number of anilines is 2. The first kappa shape index (κ1) is 11.0. The van der Waals surface area contributed by atoms with Crippen molar-refractivity contribution < 1.29 is 0 Å². The minimum Gasteiger partial charge on any atom is -0.347 e. The summed E-state index contributed by atoms with van der Waals surface area (Å²) in [5, 5.41) is 0.680. The fourth-order valence-electron chi connectivity index (χ4n) is 0.804. The topological polar surface area (TPSA) is 80.0 Å². The first-order valence-electron chi connectivity index (χ1n) is 4.20. The first-order valence-corrected chi connectivity index (χ1v) is 5.18. The molecule has 0 spiro atoms. The number of nitrogens with two attached hydrogens (primary N) is 1. The van der Waals surface area contributed by atoms with Crippen molar-refractivity contribution in [1.82, 2.24) is 15.0 Å². The summed E-state index contributed by atoms with van der Waals surface area (Å²) in [6.45, 7) is 2.04. The summed E-state index contributed by atoms with van der Waals surface area (Å²) in [5.74, 6) is 7.16. The minimum atomic E-state index is 0.389. The number of nitrogens with one attached hydrogen (secondary N) is 1. The van der Waals surface area contributed by atoms with E-state index < -0.39 is 0 Å². The monoisotopic (exact) mass is 214 g/mol. The van der Waals surface area contributed by atoms with Gasteiger partial charge in [-0.2, -0.15) is 15.0 Å². The van der Waals surface area contributed by atoms with Gasteiger partial charge in [-0.15, -0.1) is 0 Å². The van der Waals surface area contributed by atoms with Gasteiger partial charge in [0.1, 0.15) is 0 Å². The number of hydrogen-bond acceptors (Lipinski definition) is 7. The van der Waals surface area contributed by atoms with Crippen molar-refractivity contribution in [3.05, 3.63) is 0 Å². The van der Waals surface area contributed by atoms with E-state index in [4.69, 9.17) is 5.84 Å². The Balaban J connectivity index is 3.00. The van der Waals surface area contributed by atoms with Crippen molar-refractivity contribution >= 4 is 23.7 Å². The molecule has 0 aliphatic heterocycles. The molecule has 1 aromatic heterocycles. The second-order valence-electron chi connectivity index (χ2n) is 2.71. The number of nitrogens with zero attached hydrogens (tertiary/aromatic N) is 4. The Labute approximate surface area is 87.3 Å². The molecule has 0 fully saturated rings. The molecule has 0 aromatic carbocycles. The van der Waals surface area contributed by atoms with Gasteiger partial charge in [0.25, 0.3) is 0 Å². The van der Waals surface area contributed by atoms with E-state index in [1.165, 1.54) is 0 Å². The predicted octanol–water partition coefficient (Wildman–Crippen LogP) is 0.335. The Bertz CT molecular complexity index is 302. The van der Waals surface area contributed by atoms with Crippen LogP contribution >= 0.6 is 11.8 Å². The van der Waals surface area contributed by atoms with Crippen LogP contribution in [0.1, 0.15) is 6.92 Å². The van der Waals surface area contributed by atoms with Crippen LogP contribution in [0, 0.1) is 0 Å². The number of rotatable bonds is 4. The fourth-order valence-corrected chi connectivity index (χ4v) is 1.36. The van der Waals surface area contributed by atoms with Gasteiger partial charge >= 0.3 is 0 Å². The summed E-state index contributed by atoms with van der Waals surface area (Å²) in [6.07, 6.45) is 0. The molecule has 1 heterocycles. The maximum Gasteiger partial charge on any atom is 0.242 e. The molecular formula is C7H14N6S. The van der Waals surface area contributed by atoms with Crippen molar-refractivity contribution in [2.45, 2.75) is 12.1 Å². The van der Waals surface area contributed by atoms with E-state index in [1.54, 1.807) is 11.8 Å². The number of nitrogen functional groups attached to an aromatic ring is 1. The third kappa shape index (κ3) is 2.71. The predicted molar refractivity (Wildman–Crippen MR) is 58.4 cm³/mol. The normalized spacial score (nSPS) is 10.0. The highest BCUT2D eigenvalue weighted by Gasteiger charge is 2.06. The van der Waals surface area contributed by atoms with E-state index >= 15 is 0 Å². The van der Waals surface area contributed by atoms with Crippen LogP contribution in [0.3, 0.4) is 0 Å². The van der Waals surface area contributed by atoms with Crippen LogP contribution in [0.4, 0.5) is 11.9 Å². The number of thioether (sulfide) groups is 1. The van der Waals surface area contributed by atoms with E-state index in [-0.39, 0.29) is 0 Å². The van der Waals surface area contributed by atoms with Crippen LogP contribution in [0.2, 0.25) is 0 Å². The number of hydrazine groups is 1. The van der Waals surface area contributed by atoms with Crippen LogP contribution in [0.15, 0.2) is 5.16 Å². The molecule has 6 nitrogen and oxygen atoms in total. The highest BCUT2D eigenvalue weighted by molar-refractivity contribution is 7.99. The Morgan fingerprint density at radius 1 is 1.36 bits per heavy atom. The molecule has 0 aliphatic carbocycles. The Hall–Kier alpha value is -1.08. The van der Waals surface area contributed by atoms with E-state index in [0.717, 1.165) is 5.75 Å². The van der Waals surface area contributed by atoms with Gasteiger partial charge in [0.05, 0.1) is 0 Å². The summed E-state index contributed by atoms with van der Waals surface area (Å²) in [7, 11) is 3.74. The van der Waals surface area contributed by atoms with Crippen molar-refractivity contribution in [2.24, 2.45) is 5.84 Å². The van der Waals surface area contributed by atoms with E-state index in [0.29, 0.717) is 17.1 Å². The van der Waals surface area contributed by atoms with Gasteiger partial charge < -0.3 is 4.90 Å². The molecule has 0 amide bonds. The largest absolute Gasteiger partial charge is 0.347 e. The van der Waals surface area contributed by atoms with E-state index in [1.807, 2.05) is 25.9 Å². The third-order valence-electron chi connectivity index (χ3n) is 1.41. The quantitative estimate of drug-likeness (QED) is 0.425. The molecule has 0 aliphatic rings. The van der Waals surface area contributed by atoms with E-state index in [2.05, 4.69) is 20.4 Å². The molecule has 7 heteroatoms. The third-order valence-corrected chi connectivity index (χ3v) is 2.14. The zero-order valence-electron chi connectivity index (χ0n) is 8.48. The van der Waals surface area contributed by atoms with Crippen LogP contribution in [0.5, 0.6) is 0 Å². The van der Waals surface area contributed by atoms with Gasteiger partial charge in [-0.25, -0.2) is 5.84 Å². The smallest absolute Gasteiger partial charge is 0.242 e. The number of aromatic nitrogens is 3. The lowest BCUT2D eigenvalue weighted by Crippen LogP contribution is -2.17. The summed E-state index contributed by atoms with van der Waals surface area (Å²) in [4.78, 5) is 14.2. The van der Waals surface area contributed by atoms with Crippen molar-refractivity contribution in [3.63, 3.8) is 0 Å².